The van der Waals surface area contributed by atoms with E-state index in [1.807, 2.05) is 13.8 Å². The average molecular weight is 660 g/mol. The van der Waals surface area contributed by atoms with Crippen LogP contribution in [0.4, 0.5) is 4.79 Å². The van der Waals surface area contributed by atoms with Crippen LogP contribution in [-0.2, 0) is 14.2 Å². The first kappa shape index (κ1) is 38.7. The third-order valence-corrected chi connectivity index (χ3v) is 13.8. The number of aliphatic hydroxyl groups is 1. The van der Waals surface area contributed by atoms with Gasteiger partial charge in [-0.3, -0.25) is 0 Å². The number of fused-ring (bicyclic) bond motifs is 5. The summed E-state index contributed by atoms with van der Waals surface area (Å²) in [5, 5.41) is 12.5. The zero-order valence-electron chi connectivity index (χ0n) is 32.1. The van der Waals surface area contributed by atoms with E-state index in [1.54, 1.807) is 12.7 Å². The van der Waals surface area contributed by atoms with E-state index in [1.165, 1.54) is 51.4 Å². The molecular formula is C41H73NO5. The van der Waals surface area contributed by atoms with Crippen LogP contribution in [0.15, 0.2) is 11.6 Å². The molecule has 3 saturated carbocycles. The summed E-state index contributed by atoms with van der Waals surface area (Å²) in [4.78, 5) is 13.0. The molecule has 3 fully saturated rings. The lowest BCUT2D eigenvalue weighted by Crippen LogP contribution is -2.51. The number of alkyl carbamates (subject to hydrolysis) is 1. The molecule has 0 radical (unpaired) electrons. The van der Waals surface area contributed by atoms with Crippen molar-refractivity contribution in [2.24, 2.45) is 51.8 Å². The van der Waals surface area contributed by atoms with Crippen molar-refractivity contribution in [1.82, 2.24) is 5.32 Å². The van der Waals surface area contributed by atoms with E-state index >= 15 is 0 Å². The van der Waals surface area contributed by atoms with Crippen molar-refractivity contribution in [2.45, 2.75) is 164 Å². The summed E-state index contributed by atoms with van der Waals surface area (Å²) < 4.78 is 17.5. The van der Waals surface area contributed by atoms with Crippen LogP contribution in [0.1, 0.15) is 146 Å². The standard InChI is InChI=1S/C41H73NO5/c1-28(2)12-11-13-29(3)34-16-17-35-33-15-14-30-24-31(18-20-40(30,8)36(33)19-21-41(34,35)9)47-37(44)42-27-38(4,5)22-23-46-39(6,7)25-32(26-43)45-10/h14,28-29,31-36,43H,11-13,15-27H2,1-10H3,(H,42,44). The van der Waals surface area contributed by atoms with Gasteiger partial charge >= 0.3 is 6.09 Å². The van der Waals surface area contributed by atoms with Crippen molar-refractivity contribution in [2.75, 3.05) is 26.9 Å². The number of nitrogens with one attached hydrogen (secondary N) is 1. The minimum absolute atomic E-state index is 0.0158. The number of aliphatic hydroxyl groups excluding tert-OH is 1. The second-order valence-electron chi connectivity index (χ2n) is 18.7. The summed E-state index contributed by atoms with van der Waals surface area (Å²) in [6, 6.07) is 0. The Labute approximate surface area is 288 Å². The zero-order chi connectivity index (χ0) is 34.6. The molecule has 0 aromatic rings. The van der Waals surface area contributed by atoms with Crippen LogP contribution in [0.5, 0.6) is 0 Å². The van der Waals surface area contributed by atoms with Gasteiger partial charge in [0.15, 0.2) is 0 Å². The highest BCUT2D eigenvalue weighted by molar-refractivity contribution is 5.67. The van der Waals surface area contributed by atoms with Crippen LogP contribution < -0.4 is 5.32 Å². The molecule has 9 unspecified atom stereocenters. The number of carbonyl (C=O) groups excluding carboxylic acids is 1. The Kier molecular flexibility index (Phi) is 13.0. The second kappa shape index (κ2) is 15.8. The predicted octanol–water partition coefficient (Wildman–Crippen LogP) is 9.73. The van der Waals surface area contributed by atoms with Gasteiger partial charge in [-0.2, -0.15) is 0 Å². The van der Waals surface area contributed by atoms with Gasteiger partial charge in [-0.15, -0.1) is 0 Å². The predicted molar refractivity (Wildman–Crippen MR) is 192 cm³/mol. The van der Waals surface area contributed by atoms with E-state index in [-0.39, 0.29) is 35.7 Å². The van der Waals surface area contributed by atoms with Gasteiger partial charge in [-0.05, 0) is 117 Å². The number of carbonyl (C=O) groups is 1. The summed E-state index contributed by atoms with van der Waals surface area (Å²) >= 11 is 0. The summed E-state index contributed by atoms with van der Waals surface area (Å²) in [5.74, 6) is 5.04. The Balaban J connectivity index is 1.25. The van der Waals surface area contributed by atoms with Crippen LogP contribution in [0.3, 0.4) is 0 Å². The maximum atomic E-state index is 13.0. The van der Waals surface area contributed by atoms with Gasteiger partial charge < -0.3 is 24.6 Å². The summed E-state index contributed by atoms with van der Waals surface area (Å²) in [6.45, 7) is 22.0. The van der Waals surface area contributed by atoms with Crippen LogP contribution in [0.25, 0.3) is 0 Å². The minimum atomic E-state index is -0.391. The van der Waals surface area contributed by atoms with Crippen molar-refractivity contribution in [3.8, 4) is 0 Å². The normalized spacial score (nSPS) is 33.8. The molecule has 6 heteroatoms. The lowest BCUT2D eigenvalue weighted by molar-refractivity contribution is -0.0736. The van der Waals surface area contributed by atoms with Crippen LogP contribution >= 0.6 is 0 Å². The van der Waals surface area contributed by atoms with Gasteiger partial charge in [0.1, 0.15) is 6.10 Å². The smallest absolute Gasteiger partial charge is 0.407 e. The number of methoxy groups -OCH3 is 1. The van der Waals surface area contributed by atoms with E-state index in [9.17, 15) is 9.90 Å². The summed E-state index contributed by atoms with van der Waals surface area (Å²) in [7, 11) is 1.62. The fourth-order valence-electron chi connectivity index (χ4n) is 10.8. The summed E-state index contributed by atoms with van der Waals surface area (Å²) in [6.07, 6.45) is 17.5. The molecule has 1 amide bonds. The van der Waals surface area contributed by atoms with Gasteiger partial charge in [0.25, 0.3) is 0 Å². The van der Waals surface area contributed by atoms with Gasteiger partial charge in [0.2, 0.25) is 0 Å². The van der Waals surface area contributed by atoms with Gasteiger partial charge in [0.05, 0.1) is 18.3 Å². The number of ether oxygens (including phenoxy) is 3. The number of rotatable bonds is 16. The van der Waals surface area contributed by atoms with Crippen molar-refractivity contribution in [1.29, 1.82) is 0 Å². The first-order chi connectivity index (χ1) is 22.0. The lowest BCUT2D eigenvalue weighted by Gasteiger charge is -2.58. The van der Waals surface area contributed by atoms with E-state index < -0.39 is 5.60 Å². The Morgan fingerprint density at radius 1 is 1.04 bits per heavy atom. The molecule has 2 N–H and O–H groups in total. The molecule has 0 bridgehead atoms. The molecule has 272 valence electrons. The zero-order valence-corrected chi connectivity index (χ0v) is 32.1. The van der Waals surface area contributed by atoms with E-state index in [2.05, 4.69) is 59.9 Å². The topological polar surface area (TPSA) is 77.0 Å². The number of allylic oxidation sites excluding steroid dienone is 1. The largest absolute Gasteiger partial charge is 0.446 e. The van der Waals surface area contributed by atoms with E-state index in [0.29, 0.717) is 25.0 Å². The molecule has 4 rings (SSSR count). The van der Waals surface area contributed by atoms with Crippen molar-refractivity contribution in [3.05, 3.63) is 11.6 Å². The highest BCUT2D eigenvalue weighted by atomic mass is 16.6. The average Bonchev–Trinajstić information content (AvgIpc) is 3.36. The highest BCUT2D eigenvalue weighted by Crippen LogP contribution is 2.67. The highest BCUT2D eigenvalue weighted by Gasteiger charge is 2.59. The molecule has 0 aliphatic heterocycles. The summed E-state index contributed by atoms with van der Waals surface area (Å²) in [5.41, 5.74) is 1.83. The van der Waals surface area contributed by atoms with Crippen LogP contribution in [0.2, 0.25) is 0 Å². The maximum Gasteiger partial charge on any atom is 0.407 e. The molecule has 0 saturated heterocycles. The fourth-order valence-corrected chi connectivity index (χ4v) is 10.8. The monoisotopic (exact) mass is 660 g/mol. The molecule has 4 aliphatic carbocycles. The van der Waals surface area contributed by atoms with Crippen molar-refractivity contribution >= 4 is 6.09 Å². The van der Waals surface area contributed by atoms with Crippen molar-refractivity contribution < 1.29 is 24.1 Å². The molecule has 4 aliphatic rings. The SMILES string of the molecule is COC(CO)CC(C)(C)OCCC(C)(C)CNC(=O)OC1CCC2(C)C(=CCC3C2CCC2(C)C(C(C)CCCC(C)C)CCC32)C1. The molecule has 47 heavy (non-hydrogen) atoms. The first-order valence-corrected chi connectivity index (χ1v) is 19.4. The number of amides is 1. The Morgan fingerprint density at radius 2 is 1.79 bits per heavy atom. The quantitative estimate of drug-likeness (QED) is 0.161. The fraction of sp³-hybridized carbons (Fsp3) is 0.927. The Morgan fingerprint density at radius 3 is 2.47 bits per heavy atom. The third-order valence-electron chi connectivity index (χ3n) is 13.8. The number of hydrogen-bond acceptors (Lipinski definition) is 5. The maximum absolute atomic E-state index is 13.0. The molecule has 0 aromatic heterocycles. The van der Waals surface area contributed by atoms with Crippen molar-refractivity contribution in [3.63, 3.8) is 0 Å². The molecule has 0 spiro atoms. The van der Waals surface area contributed by atoms with Crippen LogP contribution in [0, 0.1) is 51.8 Å². The van der Waals surface area contributed by atoms with E-state index in [4.69, 9.17) is 14.2 Å². The molecule has 9 atom stereocenters. The van der Waals surface area contributed by atoms with Gasteiger partial charge in [-0.25, -0.2) is 4.79 Å². The first-order valence-electron chi connectivity index (χ1n) is 19.4. The lowest BCUT2D eigenvalue weighted by atomic mass is 9.47. The number of hydrogen-bond donors (Lipinski definition) is 2. The van der Waals surface area contributed by atoms with E-state index in [0.717, 1.165) is 61.2 Å². The Hall–Kier alpha value is -1.11. The Bertz CT molecular complexity index is 1050. The molecular weight excluding hydrogens is 586 g/mol. The second-order valence-corrected chi connectivity index (χ2v) is 18.7. The van der Waals surface area contributed by atoms with Gasteiger partial charge in [-0.1, -0.05) is 79.4 Å². The molecule has 6 nitrogen and oxygen atoms in total. The third kappa shape index (κ3) is 9.37. The molecule has 0 aromatic carbocycles. The van der Waals surface area contributed by atoms with Crippen LogP contribution in [-0.4, -0.2) is 55.9 Å². The minimum Gasteiger partial charge on any atom is -0.446 e. The molecule has 0 heterocycles. The van der Waals surface area contributed by atoms with Gasteiger partial charge in [0, 0.05) is 33.1 Å².